The van der Waals surface area contributed by atoms with Gasteiger partial charge < -0.3 is 5.32 Å². The molecule has 0 aliphatic heterocycles. The van der Waals surface area contributed by atoms with Crippen LogP contribution in [-0.4, -0.2) is 16.3 Å². The first-order chi connectivity index (χ1) is 10.0. The van der Waals surface area contributed by atoms with Gasteiger partial charge in [-0.25, -0.2) is 0 Å². The van der Waals surface area contributed by atoms with Gasteiger partial charge in [0, 0.05) is 23.8 Å². The maximum absolute atomic E-state index is 4.61. The van der Waals surface area contributed by atoms with Gasteiger partial charge in [-0.2, -0.15) is 5.10 Å². The van der Waals surface area contributed by atoms with Gasteiger partial charge in [-0.05, 0) is 58.7 Å². The molecule has 1 heterocycles. The molecule has 0 aliphatic rings. The first-order valence-corrected chi connectivity index (χ1v) is 7.86. The van der Waals surface area contributed by atoms with Crippen LogP contribution in [0.2, 0.25) is 0 Å². The minimum Gasteiger partial charge on any atom is -0.310 e. The van der Waals surface area contributed by atoms with Crippen LogP contribution in [0, 0.1) is 20.8 Å². The Hall–Kier alpha value is -1.61. The Morgan fingerprint density at radius 2 is 1.90 bits per heavy atom. The highest BCUT2D eigenvalue weighted by molar-refractivity contribution is 5.28. The molecule has 3 heteroatoms. The van der Waals surface area contributed by atoms with Gasteiger partial charge in [-0.3, -0.25) is 4.68 Å². The van der Waals surface area contributed by atoms with Crippen molar-refractivity contribution in [1.82, 2.24) is 15.1 Å². The van der Waals surface area contributed by atoms with Crippen molar-refractivity contribution in [2.24, 2.45) is 0 Å². The van der Waals surface area contributed by atoms with Crippen LogP contribution in [0.4, 0.5) is 0 Å². The topological polar surface area (TPSA) is 29.9 Å². The van der Waals surface area contributed by atoms with Gasteiger partial charge in [-0.1, -0.05) is 24.3 Å². The predicted molar refractivity (Wildman–Crippen MR) is 88.7 cm³/mol. The van der Waals surface area contributed by atoms with Crippen molar-refractivity contribution in [2.45, 2.75) is 53.6 Å². The second-order valence-corrected chi connectivity index (χ2v) is 5.75. The first kappa shape index (κ1) is 15.8. The Labute approximate surface area is 128 Å². The normalized spacial score (nSPS) is 12.6. The zero-order chi connectivity index (χ0) is 15.4. The fraction of sp³-hybridized carbons (Fsp3) is 0.500. The molecule has 0 aliphatic carbocycles. The van der Waals surface area contributed by atoms with Crippen molar-refractivity contribution < 1.29 is 0 Å². The van der Waals surface area contributed by atoms with Crippen LogP contribution in [0.25, 0.3) is 0 Å². The lowest BCUT2D eigenvalue weighted by atomic mass is 10.0. The van der Waals surface area contributed by atoms with E-state index in [0.717, 1.165) is 25.2 Å². The van der Waals surface area contributed by atoms with Gasteiger partial charge in [-0.15, -0.1) is 0 Å². The van der Waals surface area contributed by atoms with E-state index in [0.29, 0.717) is 6.04 Å². The standard InChI is InChI=1S/C18H27N3/c1-6-21-16(5)18(15(4)20-21)14(3)19-12-11-17-10-8-7-9-13(17)2/h7-10,14,19H,6,11-12H2,1-5H3. The summed E-state index contributed by atoms with van der Waals surface area (Å²) in [5.41, 5.74) is 6.57. The average molecular weight is 285 g/mol. The number of aromatic nitrogens is 2. The molecule has 114 valence electrons. The molecule has 2 aromatic rings. The molecule has 1 aromatic carbocycles. The lowest BCUT2D eigenvalue weighted by Gasteiger charge is -2.15. The molecular formula is C18H27N3. The minimum absolute atomic E-state index is 0.342. The highest BCUT2D eigenvalue weighted by atomic mass is 15.3. The monoisotopic (exact) mass is 285 g/mol. The van der Waals surface area contributed by atoms with Crippen LogP contribution in [-0.2, 0) is 13.0 Å². The molecule has 1 aromatic heterocycles. The number of hydrogen-bond acceptors (Lipinski definition) is 2. The van der Waals surface area contributed by atoms with Crippen LogP contribution in [0.3, 0.4) is 0 Å². The zero-order valence-corrected chi connectivity index (χ0v) is 13.9. The lowest BCUT2D eigenvalue weighted by Crippen LogP contribution is -2.22. The summed E-state index contributed by atoms with van der Waals surface area (Å²) >= 11 is 0. The highest BCUT2D eigenvalue weighted by Gasteiger charge is 2.16. The molecule has 0 saturated heterocycles. The van der Waals surface area contributed by atoms with Gasteiger partial charge in [0.25, 0.3) is 0 Å². The van der Waals surface area contributed by atoms with Crippen molar-refractivity contribution in [3.8, 4) is 0 Å². The van der Waals surface area contributed by atoms with E-state index in [1.165, 1.54) is 22.4 Å². The molecule has 0 amide bonds. The van der Waals surface area contributed by atoms with Crippen molar-refractivity contribution in [3.05, 3.63) is 52.3 Å². The summed E-state index contributed by atoms with van der Waals surface area (Å²) in [5, 5.41) is 8.25. The summed E-state index contributed by atoms with van der Waals surface area (Å²) in [5.74, 6) is 0. The van der Waals surface area contributed by atoms with Gasteiger partial charge in [0.2, 0.25) is 0 Å². The zero-order valence-electron chi connectivity index (χ0n) is 13.9. The molecule has 0 radical (unpaired) electrons. The molecule has 1 atom stereocenters. The summed E-state index contributed by atoms with van der Waals surface area (Å²) in [6, 6.07) is 8.95. The highest BCUT2D eigenvalue weighted by Crippen LogP contribution is 2.21. The third-order valence-corrected chi connectivity index (χ3v) is 4.28. The van der Waals surface area contributed by atoms with Crippen LogP contribution < -0.4 is 5.32 Å². The molecule has 1 unspecified atom stereocenters. The number of nitrogens with zero attached hydrogens (tertiary/aromatic N) is 2. The molecule has 1 N–H and O–H groups in total. The number of nitrogens with one attached hydrogen (secondary N) is 1. The number of rotatable bonds is 6. The Kier molecular flexibility index (Phi) is 5.18. The fourth-order valence-corrected chi connectivity index (χ4v) is 3.06. The van der Waals surface area contributed by atoms with Crippen LogP contribution in [0.5, 0.6) is 0 Å². The third kappa shape index (κ3) is 3.53. The van der Waals surface area contributed by atoms with Gasteiger partial charge in [0.15, 0.2) is 0 Å². The summed E-state index contributed by atoms with van der Waals surface area (Å²) in [7, 11) is 0. The Morgan fingerprint density at radius 1 is 1.19 bits per heavy atom. The van der Waals surface area contributed by atoms with E-state index in [4.69, 9.17) is 0 Å². The van der Waals surface area contributed by atoms with Gasteiger partial charge in [0.05, 0.1) is 5.69 Å². The van der Waals surface area contributed by atoms with E-state index in [-0.39, 0.29) is 0 Å². The molecule has 21 heavy (non-hydrogen) atoms. The van der Waals surface area contributed by atoms with E-state index >= 15 is 0 Å². The third-order valence-electron chi connectivity index (χ3n) is 4.28. The predicted octanol–water partition coefficient (Wildman–Crippen LogP) is 3.72. The van der Waals surface area contributed by atoms with E-state index in [2.05, 4.69) is 74.0 Å². The van der Waals surface area contributed by atoms with E-state index in [1.54, 1.807) is 0 Å². The van der Waals surface area contributed by atoms with E-state index < -0.39 is 0 Å². The van der Waals surface area contributed by atoms with Crippen molar-refractivity contribution in [1.29, 1.82) is 0 Å². The average Bonchev–Trinajstić information content (AvgIpc) is 2.75. The van der Waals surface area contributed by atoms with E-state index in [9.17, 15) is 0 Å². The van der Waals surface area contributed by atoms with Crippen LogP contribution in [0.1, 0.15) is 48.0 Å². The van der Waals surface area contributed by atoms with Crippen molar-refractivity contribution in [3.63, 3.8) is 0 Å². The molecule has 3 nitrogen and oxygen atoms in total. The fourth-order valence-electron chi connectivity index (χ4n) is 3.06. The summed E-state index contributed by atoms with van der Waals surface area (Å²) in [6.45, 7) is 12.7. The van der Waals surface area contributed by atoms with Crippen LogP contribution >= 0.6 is 0 Å². The maximum Gasteiger partial charge on any atom is 0.0644 e. The molecule has 0 saturated carbocycles. The number of aryl methyl sites for hydroxylation is 3. The summed E-state index contributed by atoms with van der Waals surface area (Å²) in [6.07, 6.45) is 1.07. The SMILES string of the molecule is CCn1nc(C)c(C(C)NCCc2ccccc2C)c1C. The quantitative estimate of drug-likeness (QED) is 0.876. The Bertz CT molecular complexity index is 599. The smallest absolute Gasteiger partial charge is 0.0644 e. The molecular weight excluding hydrogens is 258 g/mol. The van der Waals surface area contributed by atoms with Crippen molar-refractivity contribution in [2.75, 3.05) is 6.54 Å². The second-order valence-electron chi connectivity index (χ2n) is 5.75. The molecule has 0 bridgehead atoms. The largest absolute Gasteiger partial charge is 0.310 e. The van der Waals surface area contributed by atoms with E-state index in [1.807, 2.05) is 0 Å². The van der Waals surface area contributed by atoms with Gasteiger partial charge in [0.1, 0.15) is 0 Å². The number of hydrogen-bond donors (Lipinski definition) is 1. The van der Waals surface area contributed by atoms with Gasteiger partial charge >= 0.3 is 0 Å². The maximum atomic E-state index is 4.61. The minimum atomic E-state index is 0.342. The lowest BCUT2D eigenvalue weighted by molar-refractivity contribution is 0.568. The molecule has 0 spiro atoms. The summed E-state index contributed by atoms with van der Waals surface area (Å²) in [4.78, 5) is 0. The Balaban J connectivity index is 1.98. The molecule has 0 fully saturated rings. The second kappa shape index (κ2) is 6.90. The molecule has 2 rings (SSSR count). The summed E-state index contributed by atoms with van der Waals surface area (Å²) < 4.78 is 2.09. The van der Waals surface area contributed by atoms with Crippen molar-refractivity contribution >= 4 is 0 Å². The van der Waals surface area contributed by atoms with Crippen LogP contribution in [0.15, 0.2) is 24.3 Å². The first-order valence-electron chi connectivity index (χ1n) is 7.86. The Morgan fingerprint density at radius 3 is 2.52 bits per heavy atom. The number of benzene rings is 1.